The fraction of sp³-hybridized carbons (Fsp3) is 0.333. The van der Waals surface area contributed by atoms with E-state index in [4.69, 9.17) is 0 Å². The number of nitrogens with zero attached hydrogens (tertiary/aromatic N) is 4. The second kappa shape index (κ2) is 7.81. The smallest absolute Gasteiger partial charge is 0.233 e. The zero-order chi connectivity index (χ0) is 17.1. The van der Waals surface area contributed by atoms with Crippen LogP contribution in [-0.4, -0.2) is 45.0 Å². The summed E-state index contributed by atoms with van der Waals surface area (Å²) in [5.41, 5.74) is 0.984. The Morgan fingerprint density at radius 2 is 2.00 bits per heavy atom. The van der Waals surface area contributed by atoms with Crippen molar-refractivity contribution in [2.45, 2.75) is 21.6 Å². The summed E-state index contributed by atoms with van der Waals surface area (Å²) in [6, 6.07) is 7.99. The summed E-state index contributed by atoms with van der Waals surface area (Å²) in [5.74, 6) is 0.419. The van der Waals surface area contributed by atoms with Gasteiger partial charge in [0, 0.05) is 7.05 Å². The van der Waals surface area contributed by atoms with Crippen LogP contribution in [0, 0.1) is 0 Å². The van der Waals surface area contributed by atoms with Crippen LogP contribution in [0.15, 0.2) is 32.9 Å². The third-order valence-electron chi connectivity index (χ3n) is 3.52. The Bertz CT molecular complexity index is 814. The average Bonchev–Trinajstić information content (AvgIpc) is 3.24. The Hall–Kier alpha value is -1.16. The van der Waals surface area contributed by atoms with Crippen molar-refractivity contribution in [3.8, 4) is 0 Å². The molecule has 3 rings (SSSR count). The van der Waals surface area contributed by atoms with Crippen LogP contribution in [0.2, 0.25) is 0 Å². The molecule has 126 valence electrons. The van der Waals surface area contributed by atoms with Gasteiger partial charge in [0.1, 0.15) is 5.01 Å². The maximum atomic E-state index is 12.5. The van der Waals surface area contributed by atoms with E-state index < -0.39 is 0 Å². The second-order valence-electron chi connectivity index (χ2n) is 5.03. The van der Waals surface area contributed by atoms with Crippen LogP contribution in [-0.2, 0) is 4.79 Å². The van der Waals surface area contributed by atoms with Crippen LogP contribution in [0.1, 0.15) is 18.0 Å². The monoisotopic (exact) mass is 396 g/mol. The Labute approximate surface area is 156 Å². The van der Waals surface area contributed by atoms with Gasteiger partial charge in [0.05, 0.1) is 22.0 Å². The summed E-state index contributed by atoms with van der Waals surface area (Å²) >= 11 is 6.15. The van der Waals surface area contributed by atoms with Gasteiger partial charge < -0.3 is 4.90 Å². The number of carbonyl (C=O) groups excluding carboxylic acids is 1. The van der Waals surface area contributed by atoms with Gasteiger partial charge in [-0.05, 0) is 25.3 Å². The minimum atomic E-state index is -0.0494. The maximum Gasteiger partial charge on any atom is 0.233 e. The molecule has 0 unspecified atom stereocenters. The molecule has 2 heterocycles. The zero-order valence-electron chi connectivity index (χ0n) is 13.4. The van der Waals surface area contributed by atoms with E-state index in [9.17, 15) is 4.79 Å². The van der Waals surface area contributed by atoms with Gasteiger partial charge in [-0.3, -0.25) is 4.79 Å². The third kappa shape index (κ3) is 3.90. The standard InChI is InChI=1S/C15H16N4OS4/c1-9(13-16-10-6-4-5-7-11(10)23-13)19(2)12(20)8-22-15-18-17-14(21-3)24-15/h4-7,9H,8H2,1-3H3/t9-/m1/s1. The minimum absolute atomic E-state index is 0.0494. The fourth-order valence-electron chi connectivity index (χ4n) is 2.01. The van der Waals surface area contributed by atoms with Crippen molar-refractivity contribution in [3.63, 3.8) is 0 Å². The molecule has 0 N–H and O–H groups in total. The zero-order valence-corrected chi connectivity index (χ0v) is 16.7. The molecule has 3 aromatic rings. The van der Waals surface area contributed by atoms with E-state index in [1.165, 1.54) is 23.1 Å². The van der Waals surface area contributed by atoms with Gasteiger partial charge in [-0.1, -0.05) is 47.0 Å². The molecule has 0 aliphatic heterocycles. The van der Waals surface area contributed by atoms with E-state index in [1.807, 2.05) is 38.4 Å². The van der Waals surface area contributed by atoms with Crippen LogP contribution < -0.4 is 0 Å². The summed E-state index contributed by atoms with van der Waals surface area (Å²) in [6.45, 7) is 2.01. The molecule has 0 radical (unpaired) electrons. The molecule has 1 aromatic carbocycles. The molecule has 0 saturated carbocycles. The number of thioether (sulfide) groups is 2. The van der Waals surface area contributed by atoms with Crippen LogP contribution >= 0.6 is 46.2 Å². The molecule has 2 aromatic heterocycles. The summed E-state index contributed by atoms with van der Waals surface area (Å²) in [6.07, 6.45) is 1.97. The molecule has 5 nitrogen and oxygen atoms in total. The van der Waals surface area contributed by atoms with Crippen LogP contribution in [0.3, 0.4) is 0 Å². The normalized spacial score (nSPS) is 12.5. The van der Waals surface area contributed by atoms with Gasteiger partial charge >= 0.3 is 0 Å². The number of hydrogen-bond acceptors (Lipinski definition) is 8. The van der Waals surface area contributed by atoms with Gasteiger partial charge in [-0.2, -0.15) is 0 Å². The minimum Gasteiger partial charge on any atom is -0.336 e. The first kappa shape index (κ1) is 17.7. The lowest BCUT2D eigenvalue weighted by Crippen LogP contribution is -2.31. The van der Waals surface area contributed by atoms with E-state index in [0.29, 0.717) is 5.75 Å². The average molecular weight is 397 g/mol. The lowest BCUT2D eigenvalue weighted by molar-refractivity contribution is -0.128. The summed E-state index contributed by atoms with van der Waals surface area (Å²) < 4.78 is 2.89. The van der Waals surface area contributed by atoms with Crippen LogP contribution in [0.5, 0.6) is 0 Å². The predicted molar refractivity (Wildman–Crippen MR) is 103 cm³/mol. The van der Waals surface area contributed by atoms with Gasteiger partial charge in [0.2, 0.25) is 5.91 Å². The van der Waals surface area contributed by atoms with Crippen molar-refractivity contribution >= 4 is 62.3 Å². The van der Waals surface area contributed by atoms with Gasteiger partial charge in [0.25, 0.3) is 0 Å². The van der Waals surface area contributed by atoms with Gasteiger partial charge in [-0.25, -0.2) is 4.98 Å². The van der Waals surface area contributed by atoms with Crippen molar-refractivity contribution in [1.82, 2.24) is 20.1 Å². The number of fused-ring (bicyclic) bond motifs is 1. The predicted octanol–water partition coefficient (Wildman–Crippen LogP) is 4.18. The number of carbonyl (C=O) groups is 1. The molecule has 0 aliphatic rings. The Morgan fingerprint density at radius 3 is 2.71 bits per heavy atom. The highest BCUT2D eigenvalue weighted by atomic mass is 32.2. The van der Waals surface area contributed by atoms with Crippen molar-refractivity contribution in [2.75, 3.05) is 19.1 Å². The van der Waals surface area contributed by atoms with E-state index in [1.54, 1.807) is 28.0 Å². The van der Waals surface area contributed by atoms with Crippen molar-refractivity contribution in [3.05, 3.63) is 29.3 Å². The quantitative estimate of drug-likeness (QED) is 0.583. The van der Waals surface area contributed by atoms with E-state index >= 15 is 0 Å². The molecular formula is C15H16N4OS4. The first-order chi connectivity index (χ1) is 11.6. The lowest BCUT2D eigenvalue weighted by atomic mass is 10.3. The van der Waals surface area contributed by atoms with Crippen LogP contribution in [0.4, 0.5) is 0 Å². The van der Waals surface area contributed by atoms with Crippen molar-refractivity contribution < 1.29 is 4.79 Å². The first-order valence-electron chi connectivity index (χ1n) is 7.20. The Morgan fingerprint density at radius 1 is 1.25 bits per heavy atom. The fourth-order valence-corrected chi connectivity index (χ4v) is 5.44. The van der Waals surface area contributed by atoms with Gasteiger partial charge in [-0.15, -0.1) is 21.5 Å². The highest BCUT2D eigenvalue weighted by Gasteiger charge is 2.21. The number of benzene rings is 1. The lowest BCUT2D eigenvalue weighted by Gasteiger charge is -2.22. The number of thiazole rings is 1. The molecule has 9 heteroatoms. The highest BCUT2D eigenvalue weighted by molar-refractivity contribution is 8.03. The number of para-hydroxylation sites is 1. The molecular weight excluding hydrogens is 380 g/mol. The molecule has 0 fully saturated rings. The van der Waals surface area contributed by atoms with E-state index in [0.717, 1.165) is 23.9 Å². The second-order valence-corrected chi connectivity index (χ2v) is 9.34. The summed E-state index contributed by atoms with van der Waals surface area (Å²) in [7, 11) is 1.83. The Balaban J connectivity index is 1.63. The van der Waals surface area contributed by atoms with Crippen molar-refractivity contribution in [1.29, 1.82) is 0 Å². The SMILES string of the molecule is CSc1nnc(SCC(=O)N(C)[C@H](C)c2nc3ccccc3s2)s1. The van der Waals surface area contributed by atoms with Crippen LogP contribution in [0.25, 0.3) is 10.2 Å². The van der Waals surface area contributed by atoms with Crippen molar-refractivity contribution in [2.24, 2.45) is 0 Å². The maximum absolute atomic E-state index is 12.5. The first-order valence-corrected chi connectivity index (χ1v) is 11.0. The molecule has 0 bridgehead atoms. The molecule has 1 amide bonds. The Kier molecular flexibility index (Phi) is 5.75. The molecule has 0 aliphatic carbocycles. The summed E-state index contributed by atoms with van der Waals surface area (Å²) in [5, 5.41) is 9.08. The van der Waals surface area contributed by atoms with Gasteiger partial charge in [0.15, 0.2) is 8.68 Å². The number of aromatic nitrogens is 3. The van der Waals surface area contributed by atoms with E-state index in [2.05, 4.69) is 21.2 Å². The van der Waals surface area contributed by atoms with E-state index in [-0.39, 0.29) is 11.9 Å². The summed E-state index contributed by atoms with van der Waals surface area (Å²) in [4.78, 5) is 18.9. The molecule has 24 heavy (non-hydrogen) atoms. The third-order valence-corrected chi connectivity index (χ3v) is 7.75. The largest absolute Gasteiger partial charge is 0.336 e. The highest BCUT2D eigenvalue weighted by Crippen LogP contribution is 2.30. The molecule has 1 atom stereocenters. The topological polar surface area (TPSA) is 59.0 Å². The number of amides is 1. The molecule has 0 spiro atoms. The number of hydrogen-bond donors (Lipinski definition) is 0. The molecule has 0 saturated heterocycles. The number of rotatable bonds is 6.